The maximum atomic E-state index is 12.1. The lowest BCUT2D eigenvalue weighted by molar-refractivity contribution is -0.118. The first-order chi connectivity index (χ1) is 8.83. The number of benzene rings is 1. The molecule has 3 heteroatoms. The maximum absolute atomic E-state index is 12.1. The average molecular weight is 243 g/mol. The molecule has 0 radical (unpaired) electrons. The van der Waals surface area contributed by atoms with Gasteiger partial charge in [0.15, 0.2) is 0 Å². The molecular formula is C15H17NO2. The summed E-state index contributed by atoms with van der Waals surface area (Å²) in [4.78, 5) is 12.1. The van der Waals surface area contributed by atoms with Gasteiger partial charge in [-0.2, -0.15) is 0 Å². The first-order valence-electron chi connectivity index (χ1n) is 6.56. The van der Waals surface area contributed by atoms with Crippen molar-refractivity contribution in [2.45, 2.75) is 31.7 Å². The highest BCUT2D eigenvalue weighted by atomic mass is 16.5. The number of amides is 1. The Kier molecular flexibility index (Phi) is 3.05. The van der Waals surface area contributed by atoms with E-state index in [0.29, 0.717) is 12.6 Å². The van der Waals surface area contributed by atoms with E-state index in [9.17, 15) is 4.79 Å². The van der Waals surface area contributed by atoms with Gasteiger partial charge in [-0.15, -0.1) is 0 Å². The largest absolute Gasteiger partial charge is 0.488 e. The van der Waals surface area contributed by atoms with Crippen molar-refractivity contribution in [2.75, 3.05) is 6.61 Å². The van der Waals surface area contributed by atoms with Crippen molar-refractivity contribution in [1.29, 1.82) is 0 Å². The summed E-state index contributed by atoms with van der Waals surface area (Å²) < 4.78 is 5.59. The Hall–Kier alpha value is -1.77. The molecule has 18 heavy (non-hydrogen) atoms. The molecule has 1 amide bonds. The predicted octanol–water partition coefficient (Wildman–Crippen LogP) is 2.52. The van der Waals surface area contributed by atoms with Crippen LogP contribution in [-0.4, -0.2) is 18.6 Å². The molecule has 1 saturated carbocycles. The number of para-hydroxylation sites is 1. The molecule has 1 N–H and O–H groups in total. The molecule has 1 heterocycles. The van der Waals surface area contributed by atoms with Crippen molar-refractivity contribution in [2.24, 2.45) is 0 Å². The fraction of sp³-hybridized carbons (Fsp3) is 0.400. The molecule has 1 aliphatic heterocycles. The minimum Gasteiger partial charge on any atom is -0.488 e. The van der Waals surface area contributed by atoms with Crippen LogP contribution in [0.2, 0.25) is 0 Å². The van der Waals surface area contributed by atoms with Crippen LogP contribution in [0.5, 0.6) is 5.75 Å². The van der Waals surface area contributed by atoms with Crippen molar-refractivity contribution in [3.8, 4) is 5.75 Å². The van der Waals surface area contributed by atoms with Gasteiger partial charge < -0.3 is 10.1 Å². The Bertz CT molecular complexity index is 487. The summed E-state index contributed by atoms with van der Waals surface area (Å²) in [5, 5.41) is 3.09. The second-order valence-electron chi connectivity index (χ2n) is 4.95. The Labute approximate surface area is 107 Å². The highest BCUT2D eigenvalue weighted by Crippen LogP contribution is 2.26. The number of rotatable bonds is 2. The Morgan fingerprint density at radius 1 is 1.22 bits per heavy atom. The SMILES string of the molecule is O=C(NC1CCCC1)C1=Cc2ccccc2OC1. The third-order valence-corrected chi connectivity index (χ3v) is 3.61. The van der Waals surface area contributed by atoms with E-state index in [1.807, 2.05) is 30.3 Å². The number of carbonyl (C=O) groups is 1. The fourth-order valence-corrected chi connectivity index (χ4v) is 2.60. The van der Waals surface area contributed by atoms with E-state index >= 15 is 0 Å². The molecule has 0 aromatic heterocycles. The molecule has 0 spiro atoms. The summed E-state index contributed by atoms with van der Waals surface area (Å²) in [6.45, 7) is 0.371. The normalized spacial score (nSPS) is 18.8. The summed E-state index contributed by atoms with van der Waals surface area (Å²) in [7, 11) is 0. The van der Waals surface area contributed by atoms with Gasteiger partial charge in [-0.1, -0.05) is 31.0 Å². The van der Waals surface area contributed by atoms with E-state index in [1.54, 1.807) is 0 Å². The zero-order chi connectivity index (χ0) is 12.4. The van der Waals surface area contributed by atoms with Crippen LogP contribution >= 0.6 is 0 Å². The first-order valence-corrected chi connectivity index (χ1v) is 6.56. The van der Waals surface area contributed by atoms with E-state index in [1.165, 1.54) is 12.8 Å². The van der Waals surface area contributed by atoms with Gasteiger partial charge in [-0.05, 0) is 25.0 Å². The van der Waals surface area contributed by atoms with Crippen molar-refractivity contribution in [3.63, 3.8) is 0 Å². The third-order valence-electron chi connectivity index (χ3n) is 3.61. The van der Waals surface area contributed by atoms with Gasteiger partial charge in [0.25, 0.3) is 5.91 Å². The van der Waals surface area contributed by atoms with E-state index in [4.69, 9.17) is 4.74 Å². The molecule has 2 aliphatic rings. The Balaban J connectivity index is 1.73. The Morgan fingerprint density at radius 3 is 2.83 bits per heavy atom. The molecule has 3 nitrogen and oxygen atoms in total. The van der Waals surface area contributed by atoms with Gasteiger partial charge in [-0.3, -0.25) is 4.79 Å². The number of ether oxygens (including phenoxy) is 1. The van der Waals surface area contributed by atoms with E-state index in [-0.39, 0.29) is 5.91 Å². The Morgan fingerprint density at radius 2 is 2.00 bits per heavy atom. The number of nitrogens with one attached hydrogen (secondary N) is 1. The third kappa shape index (κ3) is 2.26. The smallest absolute Gasteiger partial charge is 0.250 e. The lowest BCUT2D eigenvalue weighted by Crippen LogP contribution is -2.35. The summed E-state index contributed by atoms with van der Waals surface area (Å²) in [6.07, 6.45) is 6.60. The summed E-state index contributed by atoms with van der Waals surface area (Å²) in [5.74, 6) is 0.881. The van der Waals surface area contributed by atoms with Crippen LogP contribution in [0.4, 0.5) is 0 Å². The van der Waals surface area contributed by atoms with E-state index < -0.39 is 0 Å². The monoisotopic (exact) mass is 243 g/mol. The van der Waals surface area contributed by atoms with Gasteiger partial charge in [0, 0.05) is 11.6 Å². The molecule has 1 aromatic rings. The van der Waals surface area contributed by atoms with Crippen LogP contribution < -0.4 is 10.1 Å². The van der Waals surface area contributed by atoms with Crippen molar-refractivity contribution >= 4 is 12.0 Å². The van der Waals surface area contributed by atoms with Gasteiger partial charge in [0.05, 0.1) is 5.57 Å². The molecule has 0 atom stereocenters. The number of carbonyl (C=O) groups excluding carboxylic acids is 1. The van der Waals surface area contributed by atoms with Crippen molar-refractivity contribution in [3.05, 3.63) is 35.4 Å². The molecule has 0 unspecified atom stereocenters. The molecule has 3 rings (SSSR count). The minimum absolute atomic E-state index is 0.0244. The van der Waals surface area contributed by atoms with Crippen LogP contribution in [0, 0.1) is 0 Å². The van der Waals surface area contributed by atoms with Crippen molar-refractivity contribution < 1.29 is 9.53 Å². The first kappa shape index (κ1) is 11.3. The summed E-state index contributed by atoms with van der Waals surface area (Å²) >= 11 is 0. The van der Waals surface area contributed by atoms with E-state index in [0.717, 1.165) is 29.7 Å². The number of hydrogen-bond donors (Lipinski definition) is 1. The maximum Gasteiger partial charge on any atom is 0.250 e. The van der Waals surface area contributed by atoms with Crippen LogP contribution in [-0.2, 0) is 4.79 Å². The minimum atomic E-state index is 0.0244. The quantitative estimate of drug-likeness (QED) is 0.866. The second kappa shape index (κ2) is 4.84. The molecule has 0 saturated heterocycles. The van der Waals surface area contributed by atoms with Gasteiger partial charge in [0.1, 0.15) is 12.4 Å². The average Bonchev–Trinajstić information content (AvgIpc) is 2.91. The van der Waals surface area contributed by atoms with Gasteiger partial charge in [0.2, 0.25) is 0 Å². The van der Waals surface area contributed by atoms with Crippen LogP contribution in [0.3, 0.4) is 0 Å². The lowest BCUT2D eigenvalue weighted by atomic mass is 10.1. The van der Waals surface area contributed by atoms with Gasteiger partial charge >= 0.3 is 0 Å². The second-order valence-corrected chi connectivity index (χ2v) is 4.95. The standard InChI is InChI=1S/C15H17NO2/c17-15(16-13-6-2-3-7-13)12-9-11-5-1-4-8-14(11)18-10-12/h1,4-5,8-9,13H,2-3,6-7,10H2,(H,16,17). The molecule has 94 valence electrons. The number of fused-ring (bicyclic) bond motifs is 1. The fourth-order valence-electron chi connectivity index (χ4n) is 2.60. The summed E-state index contributed by atoms with van der Waals surface area (Å²) in [6, 6.07) is 8.15. The zero-order valence-corrected chi connectivity index (χ0v) is 10.3. The molecule has 0 bridgehead atoms. The highest BCUT2D eigenvalue weighted by molar-refractivity contribution is 5.99. The molecular weight excluding hydrogens is 226 g/mol. The number of hydrogen-bond acceptors (Lipinski definition) is 2. The molecule has 1 fully saturated rings. The van der Waals surface area contributed by atoms with Gasteiger partial charge in [-0.25, -0.2) is 0 Å². The van der Waals surface area contributed by atoms with Crippen LogP contribution in [0.25, 0.3) is 6.08 Å². The van der Waals surface area contributed by atoms with Crippen LogP contribution in [0.1, 0.15) is 31.2 Å². The lowest BCUT2D eigenvalue weighted by Gasteiger charge is -2.19. The van der Waals surface area contributed by atoms with E-state index in [2.05, 4.69) is 5.32 Å². The van der Waals surface area contributed by atoms with Crippen molar-refractivity contribution in [1.82, 2.24) is 5.32 Å². The van der Waals surface area contributed by atoms with Crippen LogP contribution in [0.15, 0.2) is 29.8 Å². The highest BCUT2D eigenvalue weighted by Gasteiger charge is 2.21. The molecule has 1 aromatic carbocycles. The zero-order valence-electron chi connectivity index (χ0n) is 10.3. The predicted molar refractivity (Wildman–Crippen MR) is 70.3 cm³/mol. The topological polar surface area (TPSA) is 38.3 Å². The summed E-state index contributed by atoms with van der Waals surface area (Å²) in [5.41, 5.74) is 1.71. The molecule has 1 aliphatic carbocycles.